The van der Waals surface area contributed by atoms with E-state index in [9.17, 15) is 13.2 Å². The highest BCUT2D eigenvalue weighted by Crippen LogP contribution is 2.26. The molecule has 1 aromatic heterocycles. The summed E-state index contributed by atoms with van der Waals surface area (Å²) in [5.41, 5.74) is 11.4. The van der Waals surface area contributed by atoms with Crippen molar-refractivity contribution in [3.8, 4) is 5.88 Å². The van der Waals surface area contributed by atoms with Crippen LogP contribution in [-0.2, 0) is 6.54 Å². The highest BCUT2D eigenvalue weighted by atomic mass is 19.4. The molecule has 0 aliphatic rings. The standard InChI is InChI=1S/C8H10F3N3O/c1-4-2-5(3-12)7(14-6(4)13)15-8(9,10)11/h2H,3,12H2,1H3,(H2,13,14). The number of nitrogens with two attached hydrogens (primary N) is 2. The van der Waals surface area contributed by atoms with Crippen LogP contribution in [0.25, 0.3) is 0 Å². The molecule has 15 heavy (non-hydrogen) atoms. The Bertz CT molecular complexity index is 365. The summed E-state index contributed by atoms with van der Waals surface area (Å²) in [4.78, 5) is 3.48. The third kappa shape index (κ3) is 2.98. The Morgan fingerprint density at radius 1 is 1.47 bits per heavy atom. The van der Waals surface area contributed by atoms with Gasteiger partial charge in [-0.25, -0.2) is 0 Å². The van der Waals surface area contributed by atoms with Gasteiger partial charge in [0.1, 0.15) is 5.82 Å². The van der Waals surface area contributed by atoms with E-state index in [4.69, 9.17) is 11.5 Å². The number of hydrogen-bond donors (Lipinski definition) is 2. The lowest BCUT2D eigenvalue weighted by molar-refractivity contribution is -0.276. The third-order valence-electron chi connectivity index (χ3n) is 1.72. The zero-order valence-corrected chi connectivity index (χ0v) is 7.93. The van der Waals surface area contributed by atoms with Gasteiger partial charge in [-0.2, -0.15) is 4.98 Å². The summed E-state index contributed by atoms with van der Waals surface area (Å²) < 4.78 is 39.5. The third-order valence-corrected chi connectivity index (χ3v) is 1.72. The van der Waals surface area contributed by atoms with Gasteiger partial charge in [-0.3, -0.25) is 0 Å². The summed E-state index contributed by atoms with van der Waals surface area (Å²) in [6, 6.07) is 1.42. The maximum absolute atomic E-state index is 11.9. The van der Waals surface area contributed by atoms with Crippen molar-refractivity contribution in [1.82, 2.24) is 4.98 Å². The van der Waals surface area contributed by atoms with Crippen LogP contribution in [0.2, 0.25) is 0 Å². The van der Waals surface area contributed by atoms with Crippen LogP contribution in [0.4, 0.5) is 19.0 Å². The Morgan fingerprint density at radius 2 is 2.07 bits per heavy atom. The first-order valence-corrected chi connectivity index (χ1v) is 4.05. The van der Waals surface area contributed by atoms with Gasteiger partial charge < -0.3 is 16.2 Å². The summed E-state index contributed by atoms with van der Waals surface area (Å²) in [6.45, 7) is 1.53. The van der Waals surface area contributed by atoms with E-state index in [-0.39, 0.29) is 17.9 Å². The quantitative estimate of drug-likeness (QED) is 0.790. The average Bonchev–Trinajstić information content (AvgIpc) is 2.08. The maximum atomic E-state index is 11.9. The van der Waals surface area contributed by atoms with Gasteiger partial charge in [-0.15, -0.1) is 13.2 Å². The summed E-state index contributed by atoms with van der Waals surface area (Å²) in [6.07, 6.45) is -4.79. The normalized spacial score (nSPS) is 11.5. The molecule has 0 amide bonds. The first kappa shape index (κ1) is 11.6. The predicted octanol–water partition coefficient (Wildman–Crippen LogP) is 1.33. The SMILES string of the molecule is Cc1cc(CN)c(OC(F)(F)F)nc1N. The number of aromatic nitrogens is 1. The smallest absolute Gasteiger partial charge is 0.387 e. The molecule has 0 spiro atoms. The molecule has 0 fully saturated rings. The van der Waals surface area contributed by atoms with Gasteiger partial charge in [0.15, 0.2) is 0 Å². The molecule has 4 nitrogen and oxygen atoms in total. The van der Waals surface area contributed by atoms with Crippen molar-refractivity contribution < 1.29 is 17.9 Å². The lowest BCUT2D eigenvalue weighted by Gasteiger charge is -2.12. The van der Waals surface area contributed by atoms with Crippen LogP contribution < -0.4 is 16.2 Å². The molecule has 0 radical (unpaired) electrons. The number of pyridine rings is 1. The molecule has 0 saturated heterocycles. The first-order chi connectivity index (χ1) is 6.83. The van der Waals surface area contributed by atoms with Gasteiger partial charge in [0.25, 0.3) is 0 Å². The highest BCUT2D eigenvalue weighted by Gasteiger charge is 2.33. The first-order valence-electron chi connectivity index (χ1n) is 4.05. The molecule has 0 aliphatic heterocycles. The zero-order chi connectivity index (χ0) is 11.6. The minimum absolute atomic E-state index is 0.00792. The number of nitrogen functional groups attached to an aromatic ring is 1. The van der Waals surface area contributed by atoms with Crippen LogP contribution >= 0.6 is 0 Å². The van der Waals surface area contributed by atoms with E-state index in [1.54, 1.807) is 6.92 Å². The largest absolute Gasteiger partial charge is 0.574 e. The number of rotatable bonds is 2. The van der Waals surface area contributed by atoms with Crippen molar-refractivity contribution in [3.63, 3.8) is 0 Å². The monoisotopic (exact) mass is 221 g/mol. The van der Waals surface area contributed by atoms with E-state index < -0.39 is 12.2 Å². The Hall–Kier alpha value is -1.50. The van der Waals surface area contributed by atoms with Crippen molar-refractivity contribution in [2.75, 3.05) is 5.73 Å². The Labute approximate surface area is 84.0 Å². The molecular formula is C8H10F3N3O. The van der Waals surface area contributed by atoms with E-state index in [2.05, 4.69) is 9.72 Å². The van der Waals surface area contributed by atoms with Gasteiger partial charge in [-0.05, 0) is 18.6 Å². The van der Waals surface area contributed by atoms with Crippen LogP contribution in [0.3, 0.4) is 0 Å². The molecule has 4 N–H and O–H groups in total. The van der Waals surface area contributed by atoms with Gasteiger partial charge in [-0.1, -0.05) is 0 Å². The van der Waals surface area contributed by atoms with Gasteiger partial charge in [0.05, 0.1) is 0 Å². The minimum Gasteiger partial charge on any atom is -0.387 e. The van der Waals surface area contributed by atoms with Gasteiger partial charge >= 0.3 is 6.36 Å². The number of halogens is 3. The minimum atomic E-state index is -4.79. The molecule has 7 heteroatoms. The maximum Gasteiger partial charge on any atom is 0.574 e. The van der Waals surface area contributed by atoms with E-state index in [0.29, 0.717) is 5.56 Å². The van der Waals surface area contributed by atoms with Crippen molar-refractivity contribution in [1.29, 1.82) is 0 Å². The van der Waals surface area contributed by atoms with E-state index in [1.807, 2.05) is 0 Å². The number of nitrogens with zero attached hydrogens (tertiary/aromatic N) is 1. The second-order valence-electron chi connectivity index (χ2n) is 2.91. The van der Waals surface area contributed by atoms with E-state index >= 15 is 0 Å². The van der Waals surface area contributed by atoms with E-state index in [0.717, 1.165) is 0 Å². The average molecular weight is 221 g/mol. The molecule has 0 aromatic carbocycles. The molecule has 1 heterocycles. The lowest BCUT2D eigenvalue weighted by atomic mass is 10.2. The predicted molar refractivity (Wildman–Crippen MR) is 48.0 cm³/mol. The Balaban J connectivity index is 3.11. The van der Waals surface area contributed by atoms with Crippen LogP contribution in [0.15, 0.2) is 6.07 Å². The van der Waals surface area contributed by atoms with Crippen LogP contribution in [-0.4, -0.2) is 11.3 Å². The molecule has 0 unspecified atom stereocenters. The number of aryl methyl sites for hydroxylation is 1. The fourth-order valence-corrected chi connectivity index (χ4v) is 1.01. The topological polar surface area (TPSA) is 74.2 Å². The summed E-state index contributed by atoms with van der Waals surface area (Å²) >= 11 is 0. The Morgan fingerprint density at radius 3 is 2.53 bits per heavy atom. The van der Waals surface area contributed by atoms with Crippen molar-refractivity contribution >= 4 is 5.82 Å². The number of alkyl halides is 3. The van der Waals surface area contributed by atoms with Crippen molar-refractivity contribution in [2.45, 2.75) is 19.8 Å². The zero-order valence-electron chi connectivity index (χ0n) is 7.93. The molecule has 84 valence electrons. The fraction of sp³-hybridized carbons (Fsp3) is 0.375. The van der Waals surface area contributed by atoms with Gasteiger partial charge in [0.2, 0.25) is 5.88 Å². The second kappa shape index (κ2) is 3.93. The van der Waals surface area contributed by atoms with Crippen molar-refractivity contribution in [3.05, 3.63) is 17.2 Å². The summed E-state index contributed by atoms with van der Waals surface area (Å²) in [5.74, 6) is -0.598. The van der Waals surface area contributed by atoms with E-state index in [1.165, 1.54) is 6.07 Å². The highest BCUT2D eigenvalue weighted by molar-refractivity contribution is 5.45. The van der Waals surface area contributed by atoms with Crippen molar-refractivity contribution in [2.24, 2.45) is 5.73 Å². The molecule has 1 aromatic rings. The van der Waals surface area contributed by atoms with Crippen LogP contribution in [0, 0.1) is 6.92 Å². The van der Waals surface area contributed by atoms with Gasteiger partial charge in [0, 0.05) is 12.1 Å². The number of anilines is 1. The molecule has 1 rings (SSSR count). The second-order valence-corrected chi connectivity index (χ2v) is 2.91. The molecule has 0 saturated carbocycles. The van der Waals surface area contributed by atoms with Crippen LogP contribution in [0.1, 0.15) is 11.1 Å². The molecule has 0 bridgehead atoms. The van der Waals surface area contributed by atoms with Crippen LogP contribution in [0.5, 0.6) is 5.88 Å². The summed E-state index contributed by atoms with van der Waals surface area (Å²) in [5, 5.41) is 0. The Kier molecular flexibility index (Phi) is 3.04. The number of ether oxygens (including phenoxy) is 1. The molecule has 0 atom stereocenters. The fourth-order valence-electron chi connectivity index (χ4n) is 1.01. The molecule has 0 aliphatic carbocycles. The lowest BCUT2D eigenvalue weighted by Crippen LogP contribution is -2.20. The molecular weight excluding hydrogens is 211 g/mol. The summed E-state index contributed by atoms with van der Waals surface area (Å²) in [7, 11) is 0. The number of hydrogen-bond acceptors (Lipinski definition) is 4.